The second-order valence-corrected chi connectivity index (χ2v) is 7.25. The number of likely N-dealkylation sites (N-methyl/N-ethyl adjacent to an activating group) is 1. The normalized spacial score (nSPS) is 17.2. The van der Waals surface area contributed by atoms with Crippen molar-refractivity contribution in [3.05, 3.63) is 40.3 Å². The molecule has 2 heterocycles. The fourth-order valence-electron chi connectivity index (χ4n) is 3.40. The van der Waals surface area contributed by atoms with Gasteiger partial charge in [0.25, 0.3) is 11.5 Å². The molecule has 3 rings (SSSR count). The molecule has 1 aromatic heterocycles. The van der Waals surface area contributed by atoms with Crippen LogP contribution in [0, 0.1) is 5.92 Å². The number of benzene rings is 1. The number of nitrogens with zero attached hydrogens (tertiary/aromatic N) is 3. The van der Waals surface area contributed by atoms with E-state index < -0.39 is 0 Å². The number of hydrogen-bond donors (Lipinski definition) is 0. The molecule has 1 aromatic carbocycles. The van der Waals surface area contributed by atoms with Gasteiger partial charge in [0.05, 0.1) is 11.5 Å². The van der Waals surface area contributed by atoms with Crippen molar-refractivity contribution in [1.29, 1.82) is 0 Å². The van der Waals surface area contributed by atoms with Gasteiger partial charge in [-0.3, -0.25) is 9.59 Å². The van der Waals surface area contributed by atoms with E-state index in [4.69, 9.17) is 4.74 Å². The lowest BCUT2D eigenvalue weighted by atomic mass is 10.1. The molecule has 0 spiro atoms. The lowest BCUT2D eigenvalue weighted by molar-refractivity contribution is 0.0534. The van der Waals surface area contributed by atoms with Crippen molar-refractivity contribution in [3.63, 3.8) is 0 Å². The summed E-state index contributed by atoms with van der Waals surface area (Å²) < 4.78 is 7.12. The Kier molecular flexibility index (Phi) is 5.71. The summed E-state index contributed by atoms with van der Waals surface area (Å²) in [6.45, 7) is 8.41. The van der Waals surface area contributed by atoms with Crippen molar-refractivity contribution in [2.45, 2.75) is 46.3 Å². The first-order chi connectivity index (χ1) is 12.5. The Morgan fingerprint density at radius 3 is 2.69 bits per heavy atom. The van der Waals surface area contributed by atoms with E-state index in [9.17, 15) is 9.59 Å². The average Bonchev–Trinajstić information content (AvgIpc) is 3.14. The standard InChI is InChI=1S/C20H27N3O3/c1-4-22(13-15-8-7-11-26-15)20(25)18-16-9-5-6-10-17(16)19(24)23(21-18)12-14(2)3/h5-6,9-10,14-15H,4,7-8,11-13H2,1-3H3. The molecule has 0 radical (unpaired) electrons. The minimum atomic E-state index is -0.145. The zero-order chi connectivity index (χ0) is 18.7. The number of rotatable bonds is 6. The van der Waals surface area contributed by atoms with Crippen molar-refractivity contribution < 1.29 is 9.53 Å². The second kappa shape index (κ2) is 7.99. The number of carbonyl (C=O) groups is 1. The van der Waals surface area contributed by atoms with Crippen molar-refractivity contribution in [2.75, 3.05) is 19.7 Å². The SMILES string of the molecule is CCN(CC1CCCO1)C(=O)c1nn(CC(C)C)c(=O)c2ccccc12. The van der Waals surface area contributed by atoms with Crippen LogP contribution in [0.1, 0.15) is 44.1 Å². The number of carbonyl (C=O) groups excluding carboxylic acids is 1. The molecular weight excluding hydrogens is 330 g/mol. The van der Waals surface area contributed by atoms with Crippen LogP contribution in [-0.4, -0.2) is 46.4 Å². The molecule has 6 heteroatoms. The Bertz CT molecular complexity index is 838. The smallest absolute Gasteiger partial charge is 0.275 e. The van der Waals surface area contributed by atoms with Gasteiger partial charge in [0.1, 0.15) is 0 Å². The van der Waals surface area contributed by atoms with Crippen LogP contribution in [0.25, 0.3) is 10.8 Å². The third-order valence-electron chi connectivity index (χ3n) is 4.73. The van der Waals surface area contributed by atoms with Gasteiger partial charge in [-0.05, 0) is 31.7 Å². The highest BCUT2D eigenvalue weighted by Gasteiger charge is 2.25. The highest BCUT2D eigenvalue weighted by Crippen LogP contribution is 2.18. The largest absolute Gasteiger partial charge is 0.376 e. The van der Waals surface area contributed by atoms with Crippen LogP contribution in [0.2, 0.25) is 0 Å². The molecule has 26 heavy (non-hydrogen) atoms. The summed E-state index contributed by atoms with van der Waals surface area (Å²) in [6.07, 6.45) is 2.11. The number of fused-ring (bicyclic) bond motifs is 1. The third-order valence-corrected chi connectivity index (χ3v) is 4.73. The van der Waals surface area contributed by atoms with Gasteiger partial charge in [-0.15, -0.1) is 0 Å². The van der Waals surface area contributed by atoms with Gasteiger partial charge in [0.15, 0.2) is 5.69 Å². The summed E-state index contributed by atoms with van der Waals surface area (Å²) >= 11 is 0. The van der Waals surface area contributed by atoms with Crippen LogP contribution in [0.3, 0.4) is 0 Å². The lowest BCUT2D eigenvalue weighted by Gasteiger charge is -2.24. The molecule has 0 saturated carbocycles. The maximum Gasteiger partial charge on any atom is 0.275 e. The average molecular weight is 357 g/mol. The van der Waals surface area contributed by atoms with Crippen LogP contribution in [0.15, 0.2) is 29.1 Å². The minimum absolute atomic E-state index is 0.0896. The molecule has 1 atom stereocenters. The summed E-state index contributed by atoms with van der Waals surface area (Å²) in [5.41, 5.74) is 0.203. The quantitative estimate of drug-likeness (QED) is 0.797. The van der Waals surface area contributed by atoms with E-state index in [1.807, 2.05) is 32.9 Å². The van der Waals surface area contributed by atoms with Gasteiger partial charge in [-0.2, -0.15) is 5.10 Å². The van der Waals surface area contributed by atoms with Gasteiger partial charge < -0.3 is 9.64 Å². The first kappa shape index (κ1) is 18.6. The van der Waals surface area contributed by atoms with E-state index in [2.05, 4.69) is 5.10 Å². The van der Waals surface area contributed by atoms with Gasteiger partial charge in [0, 0.05) is 31.6 Å². The zero-order valence-corrected chi connectivity index (χ0v) is 15.8. The van der Waals surface area contributed by atoms with Crippen LogP contribution in [0.5, 0.6) is 0 Å². The summed E-state index contributed by atoms with van der Waals surface area (Å²) in [4.78, 5) is 27.7. The number of amides is 1. The molecule has 2 aromatic rings. The van der Waals surface area contributed by atoms with Crippen molar-refractivity contribution in [3.8, 4) is 0 Å². The van der Waals surface area contributed by atoms with Gasteiger partial charge in [-0.1, -0.05) is 32.0 Å². The predicted octanol–water partition coefficient (Wildman–Crippen LogP) is 2.69. The Balaban J connectivity index is 2.02. The Hall–Kier alpha value is -2.21. The summed E-state index contributed by atoms with van der Waals surface area (Å²) in [5, 5.41) is 5.62. The third kappa shape index (κ3) is 3.80. The molecule has 1 fully saturated rings. The molecular formula is C20H27N3O3. The van der Waals surface area contributed by atoms with Crippen LogP contribution < -0.4 is 5.56 Å². The van der Waals surface area contributed by atoms with Crippen LogP contribution in [-0.2, 0) is 11.3 Å². The molecule has 0 bridgehead atoms. The van der Waals surface area contributed by atoms with E-state index in [-0.39, 0.29) is 23.5 Å². The van der Waals surface area contributed by atoms with Gasteiger partial charge in [0.2, 0.25) is 0 Å². The van der Waals surface area contributed by atoms with E-state index in [1.165, 1.54) is 4.68 Å². The first-order valence-electron chi connectivity index (χ1n) is 9.42. The molecule has 1 aliphatic rings. The lowest BCUT2D eigenvalue weighted by Crippen LogP contribution is -2.39. The van der Waals surface area contributed by atoms with Crippen molar-refractivity contribution in [2.24, 2.45) is 5.92 Å². The number of ether oxygens (including phenoxy) is 1. The zero-order valence-electron chi connectivity index (χ0n) is 15.8. The second-order valence-electron chi connectivity index (χ2n) is 7.25. The molecule has 140 valence electrons. The van der Waals surface area contributed by atoms with Gasteiger partial charge >= 0.3 is 0 Å². The predicted molar refractivity (Wildman–Crippen MR) is 101 cm³/mol. The van der Waals surface area contributed by atoms with Crippen LogP contribution in [0.4, 0.5) is 0 Å². The summed E-state index contributed by atoms with van der Waals surface area (Å²) in [5.74, 6) is 0.121. The van der Waals surface area contributed by atoms with Gasteiger partial charge in [-0.25, -0.2) is 4.68 Å². The molecule has 1 amide bonds. The highest BCUT2D eigenvalue weighted by molar-refractivity contribution is 6.04. The fourth-order valence-corrected chi connectivity index (χ4v) is 3.40. The Labute approximate surface area is 153 Å². The monoisotopic (exact) mass is 357 g/mol. The summed E-state index contributed by atoms with van der Waals surface area (Å²) in [7, 11) is 0. The molecule has 1 saturated heterocycles. The van der Waals surface area contributed by atoms with E-state index in [0.717, 1.165) is 19.4 Å². The number of aromatic nitrogens is 2. The number of hydrogen-bond acceptors (Lipinski definition) is 4. The highest BCUT2D eigenvalue weighted by atomic mass is 16.5. The summed E-state index contributed by atoms with van der Waals surface area (Å²) in [6, 6.07) is 7.23. The Morgan fingerprint density at radius 1 is 1.35 bits per heavy atom. The molecule has 6 nitrogen and oxygen atoms in total. The van der Waals surface area contributed by atoms with E-state index in [1.54, 1.807) is 17.0 Å². The van der Waals surface area contributed by atoms with Crippen LogP contribution >= 0.6 is 0 Å². The van der Waals surface area contributed by atoms with Crippen molar-refractivity contribution >= 4 is 16.7 Å². The molecule has 0 aliphatic carbocycles. The Morgan fingerprint density at radius 2 is 2.08 bits per heavy atom. The maximum absolute atomic E-state index is 13.2. The molecule has 1 aliphatic heterocycles. The van der Waals surface area contributed by atoms with Crippen molar-refractivity contribution in [1.82, 2.24) is 14.7 Å². The minimum Gasteiger partial charge on any atom is -0.376 e. The maximum atomic E-state index is 13.2. The molecule has 0 N–H and O–H groups in total. The fraction of sp³-hybridized carbons (Fsp3) is 0.550. The molecule has 1 unspecified atom stereocenters. The first-order valence-corrected chi connectivity index (χ1v) is 9.42. The van der Waals surface area contributed by atoms with E-state index in [0.29, 0.717) is 36.1 Å². The topological polar surface area (TPSA) is 64.4 Å². The van der Waals surface area contributed by atoms with E-state index >= 15 is 0 Å².